The Kier molecular flexibility index (Phi) is 5.28. The van der Waals surface area contributed by atoms with Crippen LogP contribution in [0.25, 0.3) is 6.08 Å². The number of methoxy groups -OCH3 is 1. The number of anilines is 1. The van der Waals surface area contributed by atoms with Crippen molar-refractivity contribution in [3.63, 3.8) is 0 Å². The molecule has 7 nitrogen and oxygen atoms in total. The molecule has 1 N–H and O–H groups in total. The van der Waals surface area contributed by atoms with Gasteiger partial charge in [0.2, 0.25) is 11.0 Å². The maximum atomic E-state index is 11.9. The molecule has 0 aliphatic heterocycles. The minimum absolute atomic E-state index is 0.261. The van der Waals surface area contributed by atoms with Gasteiger partial charge in [-0.15, -0.1) is 10.2 Å². The lowest BCUT2D eigenvalue weighted by Crippen LogP contribution is -2.07. The van der Waals surface area contributed by atoms with Crippen molar-refractivity contribution in [2.24, 2.45) is 0 Å². The van der Waals surface area contributed by atoms with Crippen molar-refractivity contribution in [2.45, 2.75) is 26.7 Å². The van der Waals surface area contributed by atoms with Gasteiger partial charge in [-0.1, -0.05) is 25.2 Å². The van der Waals surface area contributed by atoms with Crippen molar-refractivity contribution in [2.75, 3.05) is 12.4 Å². The molecule has 0 aromatic carbocycles. The Balaban J connectivity index is 2.02. The standard InChI is InChI=1S/C15H17N3O4S/c1-8(2)13-17-18-15(23-13)16-12(19)6-5-10-7-11(9(3)22-10)14(20)21-4/h5-8H,1-4H3,(H,16,18,19)/b6-5+. The zero-order chi connectivity index (χ0) is 17.0. The molecule has 2 heterocycles. The molecule has 0 radical (unpaired) electrons. The first-order valence-corrected chi connectivity index (χ1v) is 7.73. The van der Waals surface area contributed by atoms with Crippen molar-refractivity contribution in [1.82, 2.24) is 10.2 Å². The van der Waals surface area contributed by atoms with Gasteiger partial charge in [0.15, 0.2) is 0 Å². The van der Waals surface area contributed by atoms with Crippen LogP contribution in [0.2, 0.25) is 0 Å². The van der Waals surface area contributed by atoms with Crippen molar-refractivity contribution < 1.29 is 18.7 Å². The number of nitrogens with zero attached hydrogens (tertiary/aromatic N) is 2. The molecule has 1 amide bonds. The molecule has 0 atom stereocenters. The molecule has 2 aromatic heterocycles. The summed E-state index contributed by atoms with van der Waals surface area (Å²) in [4.78, 5) is 23.3. The average Bonchev–Trinajstić information content (AvgIpc) is 3.11. The normalized spacial score (nSPS) is 11.2. The predicted molar refractivity (Wildman–Crippen MR) is 86.4 cm³/mol. The van der Waals surface area contributed by atoms with Crippen LogP contribution in [0.3, 0.4) is 0 Å². The fraction of sp³-hybridized carbons (Fsp3) is 0.333. The van der Waals surface area contributed by atoms with Crippen LogP contribution in [0, 0.1) is 6.92 Å². The average molecular weight is 335 g/mol. The maximum Gasteiger partial charge on any atom is 0.341 e. The lowest BCUT2D eigenvalue weighted by molar-refractivity contribution is -0.111. The second-order valence-corrected chi connectivity index (χ2v) is 6.04. The van der Waals surface area contributed by atoms with Gasteiger partial charge in [-0.3, -0.25) is 10.1 Å². The highest BCUT2D eigenvalue weighted by atomic mass is 32.1. The van der Waals surface area contributed by atoms with E-state index in [1.54, 1.807) is 6.92 Å². The summed E-state index contributed by atoms with van der Waals surface area (Å²) in [6, 6.07) is 1.52. The van der Waals surface area contributed by atoms with Gasteiger partial charge in [-0.2, -0.15) is 0 Å². The number of amides is 1. The van der Waals surface area contributed by atoms with Gasteiger partial charge in [0, 0.05) is 12.0 Å². The summed E-state index contributed by atoms with van der Waals surface area (Å²) < 4.78 is 10.0. The molecule has 0 saturated heterocycles. The van der Waals surface area contributed by atoms with Crippen LogP contribution in [-0.4, -0.2) is 29.2 Å². The summed E-state index contributed by atoms with van der Waals surface area (Å²) in [5.74, 6) is 0.243. The first-order chi connectivity index (χ1) is 10.9. The second kappa shape index (κ2) is 7.19. The third-order valence-corrected chi connectivity index (χ3v) is 4.05. The van der Waals surface area contributed by atoms with Crippen LogP contribution in [0.1, 0.15) is 46.7 Å². The predicted octanol–water partition coefficient (Wildman–Crippen LogP) is 3.00. The third kappa shape index (κ3) is 4.26. The Morgan fingerprint density at radius 2 is 2.13 bits per heavy atom. The van der Waals surface area contributed by atoms with E-state index < -0.39 is 5.97 Å². The lowest BCUT2D eigenvalue weighted by Gasteiger charge is -1.95. The van der Waals surface area contributed by atoms with E-state index in [2.05, 4.69) is 20.3 Å². The van der Waals surface area contributed by atoms with Crippen molar-refractivity contribution in [3.8, 4) is 0 Å². The van der Waals surface area contributed by atoms with E-state index in [1.165, 1.54) is 36.7 Å². The summed E-state index contributed by atoms with van der Waals surface area (Å²) in [7, 11) is 1.30. The number of furan rings is 1. The highest BCUT2D eigenvalue weighted by Crippen LogP contribution is 2.22. The maximum absolute atomic E-state index is 11.9. The molecular formula is C15H17N3O4S. The van der Waals surface area contributed by atoms with E-state index in [1.807, 2.05) is 13.8 Å². The molecule has 0 spiro atoms. The smallest absolute Gasteiger partial charge is 0.341 e. The van der Waals surface area contributed by atoms with Crippen LogP contribution in [0.15, 0.2) is 16.6 Å². The van der Waals surface area contributed by atoms with Crippen molar-refractivity contribution in [1.29, 1.82) is 0 Å². The van der Waals surface area contributed by atoms with Crippen LogP contribution < -0.4 is 5.32 Å². The van der Waals surface area contributed by atoms with E-state index in [0.717, 1.165) is 5.01 Å². The highest BCUT2D eigenvalue weighted by molar-refractivity contribution is 7.15. The van der Waals surface area contributed by atoms with Gasteiger partial charge in [0.25, 0.3) is 0 Å². The SMILES string of the molecule is COC(=O)c1cc(/C=C/C(=O)Nc2nnc(C(C)C)s2)oc1C. The number of ether oxygens (including phenoxy) is 1. The Morgan fingerprint density at radius 1 is 1.39 bits per heavy atom. The van der Waals surface area contributed by atoms with E-state index in [9.17, 15) is 9.59 Å². The number of nitrogens with one attached hydrogen (secondary N) is 1. The fourth-order valence-corrected chi connectivity index (χ4v) is 2.47. The summed E-state index contributed by atoms with van der Waals surface area (Å²) in [6.07, 6.45) is 2.77. The molecule has 0 unspecified atom stereocenters. The third-order valence-electron chi connectivity index (χ3n) is 2.91. The number of esters is 1. The monoisotopic (exact) mass is 335 g/mol. The number of hydrogen-bond donors (Lipinski definition) is 1. The van der Waals surface area contributed by atoms with Crippen LogP contribution >= 0.6 is 11.3 Å². The molecule has 0 aliphatic rings. The number of carbonyl (C=O) groups is 2. The Labute approximate surface area is 137 Å². The molecule has 2 rings (SSSR count). The Hall–Kier alpha value is -2.48. The minimum atomic E-state index is -0.481. The van der Waals surface area contributed by atoms with Crippen molar-refractivity contribution >= 4 is 34.4 Å². The summed E-state index contributed by atoms with van der Waals surface area (Å²) >= 11 is 1.33. The molecule has 122 valence electrons. The van der Waals surface area contributed by atoms with E-state index in [4.69, 9.17) is 4.42 Å². The molecule has 0 fully saturated rings. The summed E-state index contributed by atoms with van der Waals surface area (Å²) in [5.41, 5.74) is 0.332. The zero-order valence-electron chi connectivity index (χ0n) is 13.2. The second-order valence-electron chi connectivity index (χ2n) is 5.03. The Bertz CT molecular complexity index is 746. The van der Waals surface area contributed by atoms with Crippen molar-refractivity contribution in [3.05, 3.63) is 34.2 Å². The number of carbonyl (C=O) groups excluding carboxylic acids is 2. The van der Waals surface area contributed by atoms with Crippen LogP contribution in [0.5, 0.6) is 0 Å². The van der Waals surface area contributed by atoms with Gasteiger partial charge in [-0.05, 0) is 19.1 Å². The Morgan fingerprint density at radius 3 is 2.74 bits per heavy atom. The fourth-order valence-electron chi connectivity index (χ4n) is 1.72. The van der Waals surface area contributed by atoms with E-state index in [-0.39, 0.29) is 11.8 Å². The van der Waals surface area contributed by atoms with Gasteiger partial charge < -0.3 is 9.15 Å². The number of aryl methyl sites for hydroxylation is 1. The molecule has 0 saturated carbocycles. The van der Waals surface area contributed by atoms with E-state index in [0.29, 0.717) is 22.2 Å². The van der Waals surface area contributed by atoms with Gasteiger partial charge in [0.1, 0.15) is 22.1 Å². The first-order valence-electron chi connectivity index (χ1n) is 6.92. The quantitative estimate of drug-likeness (QED) is 0.667. The highest BCUT2D eigenvalue weighted by Gasteiger charge is 2.14. The minimum Gasteiger partial charge on any atom is -0.465 e. The molecule has 8 heteroatoms. The topological polar surface area (TPSA) is 94.3 Å². The van der Waals surface area contributed by atoms with Gasteiger partial charge >= 0.3 is 5.97 Å². The largest absolute Gasteiger partial charge is 0.465 e. The van der Waals surface area contributed by atoms with Gasteiger partial charge in [-0.25, -0.2) is 4.79 Å². The lowest BCUT2D eigenvalue weighted by atomic mass is 10.2. The van der Waals surface area contributed by atoms with Crippen LogP contribution in [0.4, 0.5) is 5.13 Å². The molecule has 2 aromatic rings. The number of rotatable bonds is 5. The zero-order valence-corrected chi connectivity index (χ0v) is 14.1. The molecule has 0 bridgehead atoms. The number of aromatic nitrogens is 2. The van der Waals surface area contributed by atoms with Gasteiger partial charge in [0.05, 0.1) is 7.11 Å². The summed E-state index contributed by atoms with van der Waals surface area (Å²) in [6.45, 7) is 5.66. The van der Waals surface area contributed by atoms with Crippen LogP contribution in [-0.2, 0) is 9.53 Å². The molecule has 23 heavy (non-hydrogen) atoms. The first kappa shape index (κ1) is 16.9. The van der Waals surface area contributed by atoms with E-state index >= 15 is 0 Å². The summed E-state index contributed by atoms with van der Waals surface area (Å²) in [5, 5.41) is 11.8. The molecule has 0 aliphatic carbocycles. The molecular weight excluding hydrogens is 318 g/mol. The number of hydrogen-bond acceptors (Lipinski definition) is 7.